The molecule has 2 aromatic carbocycles. The highest BCUT2D eigenvalue weighted by Crippen LogP contribution is 2.45. The molecular formula is C29H31N3O3S. The number of thioether (sulfide) groups is 1. The molecule has 0 spiro atoms. The largest absolute Gasteiger partial charge is 0.457 e. The number of fused-ring (bicyclic) bond motifs is 1. The van der Waals surface area contributed by atoms with E-state index < -0.39 is 6.04 Å². The number of allylic oxidation sites excluding steroid dienone is 1. The average Bonchev–Trinajstić information content (AvgIpc) is 3.63. The summed E-state index contributed by atoms with van der Waals surface area (Å²) in [5.74, 6) is 0.223. The van der Waals surface area contributed by atoms with Gasteiger partial charge in [0.05, 0.1) is 23.7 Å². The van der Waals surface area contributed by atoms with E-state index >= 15 is 0 Å². The van der Waals surface area contributed by atoms with E-state index in [0.717, 1.165) is 39.7 Å². The van der Waals surface area contributed by atoms with Crippen LogP contribution in [0.25, 0.3) is 0 Å². The van der Waals surface area contributed by atoms with Gasteiger partial charge < -0.3 is 15.0 Å². The van der Waals surface area contributed by atoms with Crippen LogP contribution in [0.2, 0.25) is 0 Å². The third-order valence-electron chi connectivity index (χ3n) is 6.79. The van der Waals surface area contributed by atoms with Gasteiger partial charge in [0.1, 0.15) is 6.61 Å². The number of carbonyl (C=O) groups is 2. The number of nitrogens with zero attached hydrogens (tertiary/aromatic N) is 2. The number of nitrogens with one attached hydrogen (secondary N) is 1. The van der Waals surface area contributed by atoms with Crippen molar-refractivity contribution in [2.24, 2.45) is 10.9 Å². The number of aryl methyl sites for hydroxylation is 2. The van der Waals surface area contributed by atoms with Crippen molar-refractivity contribution in [3.05, 3.63) is 93.2 Å². The molecule has 5 rings (SSSR count). The Morgan fingerprint density at radius 1 is 1.11 bits per heavy atom. The fourth-order valence-corrected chi connectivity index (χ4v) is 5.55. The highest BCUT2D eigenvalue weighted by Gasteiger charge is 2.41. The first-order valence-electron chi connectivity index (χ1n) is 12.4. The minimum atomic E-state index is -0.418. The van der Waals surface area contributed by atoms with Crippen LogP contribution in [0.3, 0.4) is 0 Å². The lowest BCUT2D eigenvalue weighted by molar-refractivity contribution is -0.141. The Morgan fingerprint density at radius 3 is 2.64 bits per heavy atom. The van der Waals surface area contributed by atoms with E-state index in [-0.39, 0.29) is 24.9 Å². The third kappa shape index (κ3) is 5.26. The van der Waals surface area contributed by atoms with E-state index in [0.29, 0.717) is 17.2 Å². The highest BCUT2D eigenvalue weighted by atomic mass is 32.2. The number of aliphatic imine (C=N–C) groups is 1. The van der Waals surface area contributed by atoms with Crippen LogP contribution in [0.5, 0.6) is 0 Å². The zero-order chi connectivity index (χ0) is 25.2. The number of hydrogen-bond acceptors (Lipinski definition) is 6. The first-order valence-corrected chi connectivity index (χ1v) is 13.3. The summed E-state index contributed by atoms with van der Waals surface area (Å²) in [6.07, 6.45) is 2.62. The lowest BCUT2D eigenvalue weighted by Gasteiger charge is -2.37. The molecular weight excluding hydrogens is 470 g/mol. The van der Waals surface area contributed by atoms with Crippen LogP contribution < -0.4 is 5.32 Å². The second kappa shape index (κ2) is 10.3. The van der Waals surface area contributed by atoms with Gasteiger partial charge in [0.25, 0.3) is 0 Å². The second-order valence-corrected chi connectivity index (χ2v) is 10.6. The summed E-state index contributed by atoms with van der Waals surface area (Å²) in [7, 11) is 0. The summed E-state index contributed by atoms with van der Waals surface area (Å²) in [5.41, 5.74) is 6.12. The molecule has 0 radical (unpaired) electrons. The number of benzene rings is 2. The molecule has 1 N–H and O–H groups in total. The van der Waals surface area contributed by atoms with Crippen molar-refractivity contribution in [3.63, 3.8) is 0 Å². The normalized spacial score (nSPS) is 19.0. The molecule has 7 heteroatoms. The molecule has 0 aromatic heterocycles. The Hall–Kier alpha value is -3.32. The molecule has 3 aliphatic rings. The van der Waals surface area contributed by atoms with Crippen LogP contribution in [0, 0.1) is 19.8 Å². The molecule has 2 aliphatic heterocycles. The minimum Gasteiger partial charge on any atom is -0.457 e. The maximum atomic E-state index is 13.6. The van der Waals surface area contributed by atoms with Crippen LogP contribution in [-0.2, 0) is 20.9 Å². The second-order valence-electron chi connectivity index (χ2n) is 9.74. The van der Waals surface area contributed by atoms with Gasteiger partial charge in [-0.3, -0.25) is 4.79 Å². The maximum Gasteiger partial charge on any atom is 0.338 e. The zero-order valence-corrected chi connectivity index (χ0v) is 21.7. The lowest BCUT2D eigenvalue weighted by atomic mass is 9.90. The molecule has 1 fully saturated rings. The van der Waals surface area contributed by atoms with Gasteiger partial charge in [0.15, 0.2) is 5.17 Å². The summed E-state index contributed by atoms with van der Waals surface area (Å²) in [6, 6.07) is 15.5. The molecule has 186 valence electrons. The molecule has 6 nitrogen and oxygen atoms in total. The Balaban J connectivity index is 1.46. The number of esters is 1. The van der Waals surface area contributed by atoms with Crippen molar-refractivity contribution >= 4 is 28.8 Å². The number of amides is 1. The molecule has 1 saturated carbocycles. The fraction of sp³-hybridized carbons (Fsp3) is 0.345. The van der Waals surface area contributed by atoms with Gasteiger partial charge in [-0.15, -0.1) is 0 Å². The Kier molecular flexibility index (Phi) is 7.01. The topological polar surface area (TPSA) is 71.0 Å². The van der Waals surface area contributed by atoms with E-state index in [4.69, 9.17) is 9.73 Å². The molecule has 2 heterocycles. The van der Waals surface area contributed by atoms with Crippen LogP contribution in [0.1, 0.15) is 54.5 Å². The molecule has 1 amide bonds. The Labute approximate surface area is 216 Å². The van der Waals surface area contributed by atoms with Gasteiger partial charge in [-0.1, -0.05) is 65.9 Å². The number of hydrogen-bond donors (Lipinski definition) is 1. The van der Waals surface area contributed by atoms with E-state index in [1.54, 1.807) is 0 Å². The van der Waals surface area contributed by atoms with Gasteiger partial charge in [-0.05, 0) is 61.6 Å². The minimum absolute atomic E-state index is 0.00538. The Morgan fingerprint density at radius 2 is 1.89 bits per heavy atom. The predicted octanol–water partition coefficient (Wildman–Crippen LogP) is 5.54. The highest BCUT2D eigenvalue weighted by molar-refractivity contribution is 8.16. The smallest absolute Gasteiger partial charge is 0.338 e. The van der Waals surface area contributed by atoms with Gasteiger partial charge in [0, 0.05) is 12.2 Å². The predicted molar refractivity (Wildman–Crippen MR) is 143 cm³/mol. The van der Waals surface area contributed by atoms with E-state index in [1.165, 1.54) is 24.6 Å². The molecule has 0 bridgehead atoms. The van der Waals surface area contributed by atoms with Crippen LogP contribution in [0.4, 0.5) is 0 Å². The number of amidine groups is 1. The SMILES string of the molecule is CC1=C(C(=O)OCc2ccccc2)[C@H](c2cc(C)ccc2C)N2C(CC(=O)NCC3CC3)=CSC2=N1. The summed E-state index contributed by atoms with van der Waals surface area (Å²) < 4.78 is 5.80. The summed E-state index contributed by atoms with van der Waals surface area (Å²) in [6.45, 7) is 6.88. The number of ether oxygens (including phenoxy) is 1. The van der Waals surface area contributed by atoms with Crippen LogP contribution in [0.15, 0.2) is 75.9 Å². The van der Waals surface area contributed by atoms with Crippen molar-refractivity contribution in [2.45, 2.75) is 52.7 Å². The molecule has 36 heavy (non-hydrogen) atoms. The monoisotopic (exact) mass is 501 g/mol. The van der Waals surface area contributed by atoms with Crippen molar-refractivity contribution in [2.75, 3.05) is 6.54 Å². The number of rotatable bonds is 8. The maximum absolute atomic E-state index is 13.6. The first kappa shape index (κ1) is 24.4. The molecule has 0 unspecified atom stereocenters. The summed E-state index contributed by atoms with van der Waals surface area (Å²) in [5, 5.41) is 5.83. The van der Waals surface area contributed by atoms with Gasteiger partial charge >= 0.3 is 5.97 Å². The van der Waals surface area contributed by atoms with Crippen LogP contribution >= 0.6 is 11.8 Å². The lowest BCUT2D eigenvalue weighted by Crippen LogP contribution is -2.38. The summed E-state index contributed by atoms with van der Waals surface area (Å²) in [4.78, 5) is 33.2. The molecule has 2 aromatic rings. The summed E-state index contributed by atoms with van der Waals surface area (Å²) >= 11 is 1.50. The van der Waals surface area contributed by atoms with Gasteiger partial charge in [0.2, 0.25) is 5.91 Å². The molecule has 1 atom stereocenters. The van der Waals surface area contributed by atoms with Crippen molar-refractivity contribution in [1.82, 2.24) is 10.2 Å². The standard InChI is InChI=1S/C29H31N3O3S/c1-18-9-10-19(2)24(13-18)27-26(28(34)35-16-22-7-5-4-6-8-22)20(3)31-29-32(27)23(17-36-29)14-25(33)30-15-21-11-12-21/h4-10,13,17,21,27H,11-12,14-16H2,1-3H3,(H,30,33)/t27-/m0/s1. The fourth-order valence-electron chi connectivity index (χ4n) is 4.59. The van der Waals surface area contributed by atoms with Crippen molar-refractivity contribution in [3.8, 4) is 0 Å². The third-order valence-corrected chi connectivity index (χ3v) is 7.68. The Bertz CT molecular complexity index is 1280. The quantitative estimate of drug-likeness (QED) is 0.481. The average molecular weight is 502 g/mol. The molecule has 1 aliphatic carbocycles. The van der Waals surface area contributed by atoms with Crippen molar-refractivity contribution < 1.29 is 14.3 Å². The van der Waals surface area contributed by atoms with Gasteiger partial charge in [-0.25, -0.2) is 9.79 Å². The van der Waals surface area contributed by atoms with Crippen molar-refractivity contribution in [1.29, 1.82) is 0 Å². The molecule has 0 saturated heterocycles. The van der Waals surface area contributed by atoms with E-state index in [1.807, 2.05) is 49.6 Å². The first-order chi connectivity index (χ1) is 17.4. The zero-order valence-electron chi connectivity index (χ0n) is 20.9. The van der Waals surface area contributed by atoms with Gasteiger partial charge in [-0.2, -0.15) is 0 Å². The number of carbonyl (C=O) groups excluding carboxylic acids is 2. The van der Waals surface area contributed by atoms with E-state index in [2.05, 4.69) is 35.3 Å². The van der Waals surface area contributed by atoms with E-state index in [9.17, 15) is 9.59 Å². The van der Waals surface area contributed by atoms with Crippen LogP contribution in [-0.4, -0.2) is 28.5 Å².